The van der Waals surface area contributed by atoms with E-state index >= 15 is 0 Å². The molecular formula is C29H17ClS. The zero-order chi connectivity index (χ0) is 20.6. The van der Waals surface area contributed by atoms with Crippen LogP contribution in [0.1, 0.15) is 22.3 Å². The number of hydrogen-bond donors (Lipinski definition) is 0. The van der Waals surface area contributed by atoms with Gasteiger partial charge >= 0.3 is 0 Å². The molecule has 0 amide bonds. The summed E-state index contributed by atoms with van der Waals surface area (Å²) in [5.74, 6) is 0. The molecule has 1 aliphatic carbocycles. The Labute approximate surface area is 190 Å². The van der Waals surface area contributed by atoms with Crippen LogP contribution in [0.25, 0.3) is 21.9 Å². The first kappa shape index (κ1) is 17.7. The Kier molecular flexibility index (Phi) is 3.57. The average molecular weight is 433 g/mol. The van der Waals surface area contributed by atoms with E-state index in [1.807, 2.05) is 17.8 Å². The number of benzene rings is 5. The lowest BCUT2D eigenvalue weighted by molar-refractivity contribution is 0.707. The van der Waals surface area contributed by atoms with Gasteiger partial charge in [-0.25, -0.2) is 0 Å². The van der Waals surface area contributed by atoms with Crippen molar-refractivity contribution in [1.29, 1.82) is 0 Å². The van der Waals surface area contributed by atoms with Gasteiger partial charge in [0.25, 0.3) is 0 Å². The quantitative estimate of drug-likeness (QED) is 0.232. The minimum atomic E-state index is -0.369. The van der Waals surface area contributed by atoms with Crippen LogP contribution >= 0.6 is 23.4 Å². The first-order valence-corrected chi connectivity index (χ1v) is 11.7. The second kappa shape index (κ2) is 6.26. The highest BCUT2D eigenvalue weighted by Crippen LogP contribution is 2.61. The Balaban J connectivity index is 1.80. The topological polar surface area (TPSA) is 0 Å². The lowest BCUT2D eigenvalue weighted by atomic mass is 9.59. The molecule has 0 bridgehead atoms. The smallest absolute Gasteiger partial charge is 0.0735 e. The first-order valence-electron chi connectivity index (χ1n) is 10.5. The van der Waals surface area contributed by atoms with Gasteiger partial charge in [-0.15, -0.1) is 0 Å². The SMILES string of the molecule is Clc1ccc2c3c(cccc13)C1(c3ccccc3Sc3ccccc31)c1ccccc1-2. The van der Waals surface area contributed by atoms with Gasteiger partial charge in [-0.1, -0.05) is 108 Å². The van der Waals surface area contributed by atoms with Crippen LogP contribution in [0.15, 0.2) is 113 Å². The van der Waals surface area contributed by atoms with Gasteiger partial charge in [-0.2, -0.15) is 0 Å². The fourth-order valence-electron chi connectivity index (χ4n) is 5.67. The van der Waals surface area contributed by atoms with Gasteiger partial charge in [0.2, 0.25) is 0 Å². The van der Waals surface area contributed by atoms with Crippen molar-refractivity contribution < 1.29 is 0 Å². The molecule has 0 aromatic heterocycles. The van der Waals surface area contributed by atoms with E-state index in [9.17, 15) is 0 Å². The van der Waals surface area contributed by atoms with E-state index in [2.05, 4.69) is 97.1 Å². The summed E-state index contributed by atoms with van der Waals surface area (Å²) >= 11 is 8.61. The monoisotopic (exact) mass is 432 g/mol. The molecule has 0 saturated carbocycles. The van der Waals surface area contributed by atoms with E-state index in [1.165, 1.54) is 48.6 Å². The van der Waals surface area contributed by atoms with Crippen LogP contribution in [0, 0.1) is 0 Å². The van der Waals surface area contributed by atoms with Crippen LogP contribution < -0.4 is 0 Å². The maximum Gasteiger partial charge on any atom is 0.0735 e. The van der Waals surface area contributed by atoms with Crippen molar-refractivity contribution in [3.63, 3.8) is 0 Å². The third kappa shape index (κ3) is 2.13. The van der Waals surface area contributed by atoms with Gasteiger partial charge in [0, 0.05) is 20.2 Å². The van der Waals surface area contributed by atoms with E-state index in [0.29, 0.717) is 0 Å². The first-order chi connectivity index (χ1) is 15.3. The minimum Gasteiger partial charge on any atom is -0.0894 e. The molecule has 2 heteroatoms. The Morgan fingerprint density at radius 3 is 1.87 bits per heavy atom. The summed E-state index contributed by atoms with van der Waals surface area (Å²) in [5, 5.41) is 3.20. The van der Waals surface area contributed by atoms with Gasteiger partial charge in [-0.05, 0) is 57.0 Å². The zero-order valence-electron chi connectivity index (χ0n) is 16.6. The molecule has 146 valence electrons. The number of halogens is 1. The number of rotatable bonds is 0. The van der Waals surface area contributed by atoms with E-state index in [0.717, 1.165) is 10.4 Å². The van der Waals surface area contributed by atoms with E-state index in [4.69, 9.17) is 11.6 Å². The summed E-state index contributed by atoms with van der Waals surface area (Å²) < 4.78 is 0. The lowest BCUT2D eigenvalue weighted by Gasteiger charge is -2.45. The van der Waals surface area contributed by atoms with Gasteiger partial charge in [0.1, 0.15) is 0 Å². The highest BCUT2D eigenvalue weighted by molar-refractivity contribution is 7.99. The Morgan fingerprint density at radius 1 is 0.516 bits per heavy atom. The van der Waals surface area contributed by atoms with E-state index in [-0.39, 0.29) is 5.41 Å². The van der Waals surface area contributed by atoms with Crippen LogP contribution in [0.5, 0.6) is 0 Å². The zero-order valence-corrected chi connectivity index (χ0v) is 18.2. The van der Waals surface area contributed by atoms with Crippen molar-refractivity contribution >= 4 is 34.1 Å². The molecule has 1 spiro atoms. The van der Waals surface area contributed by atoms with Gasteiger partial charge in [0.15, 0.2) is 0 Å². The Hall–Kier alpha value is -3.00. The Morgan fingerprint density at radius 2 is 1.13 bits per heavy atom. The maximum atomic E-state index is 6.73. The maximum absolute atomic E-state index is 6.73. The van der Waals surface area contributed by atoms with Crippen molar-refractivity contribution in [2.75, 3.05) is 0 Å². The molecule has 2 aliphatic rings. The van der Waals surface area contributed by atoms with Crippen LogP contribution in [-0.4, -0.2) is 0 Å². The molecule has 0 saturated heterocycles. The van der Waals surface area contributed by atoms with Crippen LogP contribution in [-0.2, 0) is 5.41 Å². The standard InChI is InChI=1S/C29H17ClS/c30-25-17-16-19-18-8-1-2-10-21(18)29(24-13-7-9-20(25)28(19)24)22-11-3-5-14-26(22)31-27-15-6-4-12-23(27)29/h1-17H. The molecule has 31 heavy (non-hydrogen) atoms. The van der Waals surface area contributed by atoms with Gasteiger partial charge in [0.05, 0.1) is 5.41 Å². The molecule has 0 atom stereocenters. The number of hydrogen-bond acceptors (Lipinski definition) is 1. The molecule has 0 radical (unpaired) electrons. The fraction of sp³-hybridized carbons (Fsp3) is 0.0345. The minimum absolute atomic E-state index is 0.369. The highest BCUT2D eigenvalue weighted by Gasteiger charge is 2.48. The summed E-state index contributed by atoms with van der Waals surface area (Å²) in [4.78, 5) is 2.64. The summed E-state index contributed by atoms with van der Waals surface area (Å²) in [6, 6.07) is 37.5. The second-order valence-corrected chi connectivity index (χ2v) is 9.70. The van der Waals surface area contributed by atoms with E-state index in [1.54, 1.807) is 0 Å². The highest BCUT2D eigenvalue weighted by atomic mass is 35.5. The third-order valence-electron chi connectivity index (χ3n) is 6.81. The average Bonchev–Trinajstić information content (AvgIpc) is 2.83. The summed E-state index contributed by atoms with van der Waals surface area (Å²) in [6.07, 6.45) is 0. The largest absolute Gasteiger partial charge is 0.0894 e. The summed E-state index contributed by atoms with van der Waals surface area (Å²) in [7, 11) is 0. The van der Waals surface area contributed by atoms with Gasteiger partial charge < -0.3 is 0 Å². The van der Waals surface area contributed by atoms with Crippen LogP contribution in [0.4, 0.5) is 0 Å². The normalized spacial score (nSPS) is 14.7. The van der Waals surface area contributed by atoms with E-state index < -0.39 is 0 Å². The van der Waals surface area contributed by atoms with Crippen LogP contribution in [0.3, 0.4) is 0 Å². The second-order valence-electron chi connectivity index (χ2n) is 8.21. The van der Waals surface area contributed by atoms with Crippen molar-refractivity contribution in [1.82, 2.24) is 0 Å². The fourth-order valence-corrected chi connectivity index (χ4v) is 7.09. The third-order valence-corrected chi connectivity index (χ3v) is 8.30. The predicted octanol–water partition coefficient (Wildman–Crippen LogP) is 8.32. The molecule has 5 aromatic carbocycles. The van der Waals surface area contributed by atoms with Crippen molar-refractivity contribution in [3.8, 4) is 11.1 Å². The molecule has 5 aromatic rings. The van der Waals surface area contributed by atoms with Gasteiger partial charge in [-0.3, -0.25) is 0 Å². The molecule has 0 unspecified atom stereocenters. The van der Waals surface area contributed by atoms with Crippen LogP contribution in [0.2, 0.25) is 5.02 Å². The molecular weight excluding hydrogens is 416 g/mol. The predicted molar refractivity (Wildman–Crippen MR) is 130 cm³/mol. The lowest BCUT2D eigenvalue weighted by Crippen LogP contribution is -2.36. The molecule has 7 rings (SSSR count). The van der Waals surface area contributed by atoms with Crippen molar-refractivity contribution in [3.05, 3.63) is 130 Å². The summed E-state index contributed by atoms with van der Waals surface area (Å²) in [5.41, 5.74) is 7.56. The van der Waals surface area contributed by atoms with Crippen molar-refractivity contribution in [2.24, 2.45) is 0 Å². The van der Waals surface area contributed by atoms with Crippen molar-refractivity contribution in [2.45, 2.75) is 15.2 Å². The Bertz CT molecular complexity index is 1490. The number of fused-ring (bicyclic) bond motifs is 8. The molecule has 0 N–H and O–H groups in total. The summed E-state index contributed by atoms with van der Waals surface area (Å²) in [6.45, 7) is 0. The molecule has 0 nitrogen and oxygen atoms in total. The molecule has 0 fully saturated rings. The molecule has 1 aliphatic heterocycles. The molecule has 1 heterocycles.